The number of aromatic amines is 1. The average molecular weight is 309 g/mol. The Kier molecular flexibility index (Phi) is 4.31. The van der Waals surface area contributed by atoms with E-state index in [0.29, 0.717) is 21.7 Å². The smallest absolute Gasteiger partial charge is 0.243 e. The van der Waals surface area contributed by atoms with Crippen LogP contribution in [-0.2, 0) is 16.6 Å². The summed E-state index contributed by atoms with van der Waals surface area (Å²) >= 11 is 0. The summed E-state index contributed by atoms with van der Waals surface area (Å²) in [6, 6.07) is 3.43. The van der Waals surface area contributed by atoms with E-state index in [4.69, 9.17) is 5.84 Å². The van der Waals surface area contributed by atoms with Gasteiger partial charge in [0.15, 0.2) is 0 Å². The summed E-state index contributed by atoms with van der Waals surface area (Å²) in [5, 5.41) is 6.49. The van der Waals surface area contributed by atoms with Gasteiger partial charge in [0.1, 0.15) is 0 Å². The summed E-state index contributed by atoms with van der Waals surface area (Å²) < 4.78 is 26.8. The molecule has 8 heteroatoms. The fourth-order valence-corrected chi connectivity index (χ4v) is 3.86. The van der Waals surface area contributed by atoms with Gasteiger partial charge in [-0.25, -0.2) is 8.42 Å². The Balaban J connectivity index is 2.39. The minimum Gasteiger partial charge on any atom is -0.324 e. The number of H-pyrrole nitrogens is 1. The van der Waals surface area contributed by atoms with E-state index in [-0.39, 0.29) is 6.54 Å². The standard InChI is InChI=1S/C13H19N5O2S/c1-9-4-12(17-14)5-10(2)13(9)21(19,20)18(3)8-11-6-15-16-7-11/h4-7,17H,8,14H2,1-3H3,(H,15,16). The molecule has 0 amide bonds. The van der Waals surface area contributed by atoms with E-state index in [1.54, 1.807) is 45.4 Å². The summed E-state index contributed by atoms with van der Waals surface area (Å²) in [6.07, 6.45) is 3.28. The Hall–Kier alpha value is -1.90. The predicted octanol–water partition coefficient (Wildman–Crippen LogP) is 1.13. The molecule has 0 radical (unpaired) electrons. The highest BCUT2D eigenvalue weighted by Gasteiger charge is 2.25. The van der Waals surface area contributed by atoms with Gasteiger partial charge in [-0.15, -0.1) is 0 Å². The molecule has 1 aromatic heterocycles. The van der Waals surface area contributed by atoms with Gasteiger partial charge < -0.3 is 5.43 Å². The maximum absolute atomic E-state index is 12.7. The summed E-state index contributed by atoms with van der Waals surface area (Å²) in [5.74, 6) is 5.38. The molecule has 0 saturated carbocycles. The number of nitrogens with two attached hydrogens (primary N) is 1. The zero-order chi connectivity index (χ0) is 15.6. The molecule has 0 spiro atoms. The lowest BCUT2D eigenvalue weighted by atomic mass is 10.1. The van der Waals surface area contributed by atoms with Crippen LogP contribution >= 0.6 is 0 Å². The molecule has 2 aromatic rings. The second-order valence-corrected chi connectivity index (χ2v) is 6.93. The lowest BCUT2D eigenvalue weighted by molar-refractivity contribution is 0.466. The first-order valence-electron chi connectivity index (χ1n) is 6.38. The van der Waals surface area contributed by atoms with E-state index in [9.17, 15) is 8.42 Å². The van der Waals surface area contributed by atoms with Gasteiger partial charge in [0, 0.05) is 31.0 Å². The Bertz CT molecular complexity index is 702. The van der Waals surface area contributed by atoms with E-state index >= 15 is 0 Å². The van der Waals surface area contributed by atoms with Crippen molar-refractivity contribution in [2.45, 2.75) is 25.3 Å². The molecule has 1 aromatic carbocycles. The third-order valence-electron chi connectivity index (χ3n) is 3.26. The number of hydrazine groups is 1. The summed E-state index contributed by atoms with van der Waals surface area (Å²) in [5.41, 5.74) is 5.33. The number of nitrogens with one attached hydrogen (secondary N) is 2. The van der Waals surface area contributed by atoms with Crippen molar-refractivity contribution in [3.8, 4) is 0 Å². The molecule has 0 atom stereocenters. The van der Waals surface area contributed by atoms with E-state index in [0.717, 1.165) is 5.56 Å². The number of sulfonamides is 1. The highest BCUT2D eigenvalue weighted by Crippen LogP contribution is 2.27. The van der Waals surface area contributed by atoms with Crippen LogP contribution in [0, 0.1) is 13.8 Å². The summed E-state index contributed by atoms with van der Waals surface area (Å²) in [4.78, 5) is 0.312. The number of hydrogen-bond acceptors (Lipinski definition) is 5. The van der Waals surface area contributed by atoms with Crippen LogP contribution in [0.5, 0.6) is 0 Å². The zero-order valence-electron chi connectivity index (χ0n) is 12.2. The van der Waals surface area contributed by atoms with Crippen LogP contribution in [0.4, 0.5) is 5.69 Å². The zero-order valence-corrected chi connectivity index (χ0v) is 13.0. The van der Waals surface area contributed by atoms with Crippen LogP contribution in [-0.4, -0.2) is 30.0 Å². The van der Waals surface area contributed by atoms with Crippen LogP contribution in [0.2, 0.25) is 0 Å². The average Bonchev–Trinajstić information content (AvgIpc) is 2.90. The van der Waals surface area contributed by atoms with Crippen molar-refractivity contribution in [3.63, 3.8) is 0 Å². The first kappa shape index (κ1) is 15.5. The van der Waals surface area contributed by atoms with Gasteiger partial charge >= 0.3 is 0 Å². The van der Waals surface area contributed by atoms with Crippen molar-refractivity contribution < 1.29 is 8.42 Å². The lowest BCUT2D eigenvalue weighted by Crippen LogP contribution is -2.27. The molecule has 114 valence electrons. The van der Waals surface area contributed by atoms with Gasteiger partial charge in [0.2, 0.25) is 10.0 Å². The number of benzene rings is 1. The Morgan fingerprint density at radius 2 is 1.95 bits per heavy atom. The molecular formula is C13H19N5O2S. The summed E-state index contributed by atoms with van der Waals surface area (Å²) in [7, 11) is -2.03. The van der Waals surface area contributed by atoms with Gasteiger partial charge in [-0.1, -0.05) is 0 Å². The van der Waals surface area contributed by atoms with E-state index in [1.165, 1.54) is 4.31 Å². The number of aromatic nitrogens is 2. The highest BCUT2D eigenvalue weighted by atomic mass is 32.2. The number of rotatable bonds is 5. The molecule has 21 heavy (non-hydrogen) atoms. The molecule has 0 fully saturated rings. The molecule has 2 rings (SSSR count). The lowest BCUT2D eigenvalue weighted by Gasteiger charge is -2.20. The van der Waals surface area contributed by atoms with Crippen LogP contribution in [0.1, 0.15) is 16.7 Å². The van der Waals surface area contributed by atoms with Gasteiger partial charge in [0.25, 0.3) is 0 Å². The first-order valence-corrected chi connectivity index (χ1v) is 7.82. The molecule has 0 bridgehead atoms. The third-order valence-corrected chi connectivity index (χ3v) is 5.36. The van der Waals surface area contributed by atoms with Gasteiger partial charge in [-0.05, 0) is 37.1 Å². The van der Waals surface area contributed by atoms with E-state index in [1.807, 2.05) is 0 Å². The Morgan fingerprint density at radius 1 is 1.33 bits per heavy atom. The SMILES string of the molecule is Cc1cc(NN)cc(C)c1S(=O)(=O)N(C)Cc1cn[nH]c1. The van der Waals surface area contributed by atoms with Crippen molar-refractivity contribution in [1.82, 2.24) is 14.5 Å². The predicted molar refractivity (Wildman–Crippen MR) is 81.0 cm³/mol. The van der Waals surface area contributed by atoms with E-state index in [2.05, 4.69) is 15.6 Å². The monoisotopic (exact) mass is 309 g/mol. The molecule has 0 aliphatic heterocycles. The number of anilines is 1. The maximum atomic E-state index is 12.7. The van der Waals surface area contributed by atoms with Gasteiger partial charge in [-0.2, -0.15) is 9.40 Å². The fraction of sp³-hybridized carbons (Fsp3) is 0.308. The third kappa shape index (κ3) is 3.07. The molecule has 0 saturated heterocycles. The second-order valence-electron chi connectivity index (χ2n) is 4.95. The molecule has 0 aliphatic rings. The quantitative estimate of drug-likeness (QED) is 0.567. The largest absolute Gasteiger partial charge is 0.324 e. The first-order chi connectivity index (χ1) is 9.86. The number of nitrogens with zero attached hydrogens (tertiary/aromatic N) is 2. The molecule has 0 aliphatic carbocycles. The fourth-order valence-electron chi connectivity index (χ4n) is 2.30. The molecule has 4 N–H and O–H groups in total. The minimum absolute atomic E-state index is 0.259. The van der Waals surface area contributed by atoms with Crippen molar-refractivity contribution in [3.05, 3.63) is 41.2 Å². The number of hydrogen-bond donors (Lipinski definition) is 3. The van der Waals surface area contributed by atoms with Crippen LogP contribution in [0.3, 0.4) is 0 Å². The van der Waals surface area contributed by atoms with Crippen molar-refractivity contribution in [2.75, 3.05) is 12.5 Å². The van der Waals surface area contributed by atoms with Crippen molar-refractivity contribution >= 4 is 15.7 Å². The number of nitrogen functional groups attached to an aromatic ring is 1. The van der Waals surface area contributed by atoms with Crippen LogP contribution < -0.4 is 11.3 Å². The molecule has 7 nitrogen and oxygen atoms in total. The Morgan fingerprint density at radius 3 is 2.43 bits per heavy atom. The molecular weight excluding hydrogens is 290 g/mol. The van der Waals surface area contributed by atoms with Crippen LogP contribution in [0.25, 0.3) is 0 Å². The maximum Gasteiger partial charge on any atom is 0.243 e. The van der Waals surface area contributed by atoms with E-state index < -0.39 is 10.0 Å². The van der Waals surface area contributed by atoms with Crippen molar-refractivity contribution in [2.24, 2.45) is 5.84 Å². The normalized spacial score (nSPS) is 11.9. The molecule has 0 unspecified atom stereocenters. The van der Waals surface area contributed by atoms with Gasteiger partial charge in [0.05, 0.1) is 11.1 Å². The number of aryl methyl sites for hydroxylation is 2. The van der Waals surface area contributed by atoms with Crippen molar-refractivity contribution in [1.29, 1.82) is 0 Å². The second kappa shape index (κ2) is 5.84. The van der Waals surface area contributed by atoms with Crippen LogP contribution in [0.15, 0.2) is 29.4 Å². The Labute approximate surface area is 124 Å². The highest BCUT2D eigenvalue weighted by molar-refractivity contribution is 7.89. The minimum atomic E-state index is -3.58. The van der Waals surface area contributed by atoms with Gasteiger partial charge in [-0.3, -0.25) is 10.9 Å². The topological polar surface area (TPSA) is 104 Å². The molecule has 1 heterocycles. The summed E-state index contributed by atoms with van der Waals surface area (Å²) in [6.45, 7) is 3.77.